The van der Waals surface area contributed by atoms with E-state index in [0.29, 0.717) is 6.54 Å². The molecule has 0 aliphatic heterocycles. The van der Waals surface area contributed by atoms with Gasteiger partial charge in [0, 0.05) is 6.54 Å². The van der Waals surface area contributed by atoms with Crippen molar-refractivity contribution in [3.63, 3.8) is 0 Å². The van der Waals surface area contributed by atoms with Gasteiger partial charge in [0.05, 0.1) is 0 Å². The summed E-state index contributed by atoms with van der Waals surface area (Å²) in [5, 5.41) is 15.4. The highest BCUT2D eigenvalue weighted by molar-refractivity contribution is 5.73. The van der Waals surface area contributed by atoms with Gasteiger partial charge in [-0.1, -0.05) is 32.0 Å². The topological polar surface area (TPSA) is 70.6 Å². The quantitative estimate of drug-likeness (QED) is 0.545. The van der Waals surface area contributed by atoms with Gasteiger partial charge in [-0.2, -0.15) is 0 Å². The molecule has 0 aliphatic rings. The Morgan fingerprint density at radius 1 is 1.26 bits per heavy atom. The van der Waals surface area contributed by atoms with Crippen molar-refractivity contribution in [3.05, 3.63) is 29.8 Å². The maximum Gasteiger partial charge on any atom is 0.320 e. The molecular formula is C18H30N2O3. The van der Waals surface area contributed by atoms with Gasteiger partial charge < -0.3 is 20.5 Å². The number of para-hydroxylation sites is 1. The standard InChI is InChI=1S/C18H30N2O3/c1-13(2)17(18(21)22)20-12-14(3)23-16-10-6-5-8-15(16)9-7-11-19-4/h5-6,8,10,13-14,17,19-20H,7,9,11-12H2,1-4H3,(H,21,22)/t14-,17+/m1/s1. The zero-order chi connectivity index (χ0) is 17.2. The molecule has 1 rings (SSSR count). The molecule has 0 amide bonds. The zero-order valence-corrected chi connectivity index (χ0v) is 14.6. The van der Waals surface area contributed by atoms with Gasteiger partial charge in [-0.25, -0.2) is 0 Å². The third-order valence-electron chi connectivity index (χ3n) is 3.73. The SMILES string of the molecule is CNCCCc1ccccc1O[C@H](C)CN[C@H](C(=O)O)C(C)C. The molecule has 3 N–H and O–H groups in total. The van der Waals surface area contributed by atoms with E-state index in [2.05, 4.69) is 16.7 Å². The molecule has 0 spiro atoms. The van der Waals surface area contributed by atoms with Crippen LogP contribution in [0.4, 0.5) is 0 Å². The lowest BCUT2D eigenvalue weighted by atomic mass is 10.0. The minimum Gasteiger partial charge on any atom is -0.489 e. The van der Waals surface area contributed by atoms with Crippen LogP contribution in [0.2, 0.25) is 0 Å². The van der Waals surface area contributed by atoms with Crippen LogP contribution < -0.4 is 15.4 Å². The summed E-state index contributed by atoms with van der Waals surface area (Å²) in [4.78, 5) is 11.2. The lowest BCUT2D eigenvalue weighted by molar-refractivity contribution is -0.140. The second kappa shape index (κ2) is 10.2. The molecule has 0 bridgehead atoms. The van der Waals surface area contributed by atoms with Crippen molar-refractivity contribution < 1.29 is 14.6 Å². The number of hydrogen-bond donors (Lipinski definition) is 3. The number of aliphatic carboxylic acids is 1. The van der Waals surface area contributed by atoms with Crippen LogP contribution >= 0.6 is 0 Å². The molecule has 0 saturated carbocycles. The van der Waals surface area contributed by atoms with Gasteiger partial charge in [0.15, 0.2) is 0 Å². The Labute approximate surface area is 139 Å². The van der Waals surface area contributed by atoms with E-state index in [0.717, 1.165) is 25.1 Å². The average molecular weight is 322 g/mol. The normalized spacial score (nSPS) is 13.8. The highest BCUT2D eigenvalue weighted by Gasteiger charge is 2.21. The molecule has 23 heavy (non-hydrogen) atoms. The Morgan fingerprint density at radius 2 is 1.96 bits per heavy atom. The highest BCUT2D eigenvalue weighted by atomic mass is 16.5. The molecule has 0 heterocycles. The first-order valence-electron chi connectivity index (χ1n) is 8.31. The Kier molecular flexibility index (Phi) is 8.66. The van der Waals surface area contributed by atoms with Gasteiger partial charge >= 0.3 is 5.97 Å². The van der Waals surface area contributed by atoms with Gasteiger partial charge in [0.2, 0.25) is 0 Å². The third-order valence-corrected chi connectivity index (χ3v) is 3.73. The van der Waals surface area contributed by atoms with E-state index in [9.17, 15) is 9.90 Å². The summed E-state index contributed by atoms with van der Waals surface area (Å²) in [7, 11) is 1.95. The Balaban J connectivity index is 2.56. The van der Waals surface area contributed by atoms with Crippen LogP contribution in [-0.2, 0) is 11.2 Å². The number of carbonyl (C=O) groups is 1. The van der Waals surface area contributed by atoms with Gasteiger partial charge in [-0.15, -0.1) is 0 Å². The molecule has 130 valence electrons. The van der Waals surface area contributed by atoms with Crippen molar-refractivity contribution in [2.75, 3.05) is 20.1 Å². The monoisotopic (exact) mass is 322 g/mol. The van der Waals surface area contributed by atoms with Gasteiger partial charge in [-0.05, 0) is 50.9 Å². The van der Waals surface area contributed by atoms with Crippen molar-refractivity contribution in [3.8, 4) is 5.75 Å². The molecular weight excluding hydrogens is 292 g/mol. The fourth-order valence-corrected chi connectivity index (χ4v) is 2.44. The first kappa shape index (κ1) is 19.5. The molecule has 0 aliphatic carbocycles. The van der Waals surface area contributed by atoms with Crippen LogP contribution in [0.25, 0.3) is 0 Å². The average Bonchev–Trinajstić information content (AvgIpc) is 2.48. The van der Waals surface area contributed by atoms with E-state index in [1.807, 2.05) is 46.0 Å². The zero-order valence-electron chi connectivity index (χ0n) is 14.6. The van der Waals surface area contributed by atoms with E-state index in [1.54, 1.807) is 0 Å². The number of nitrogens with one attached hydrogen (secondary N) is 2. The molecule has 0 aromatic heterocycles. The van der Waals surface area contributed by atoms with Crippen molar-refractivity contribution in [2.45, 2.75) is 45.8 Å². The van der Waals surface area contributed by atoms with E-state index in [1.165, 1.54) is 5.56 Å². The summed E-state index contributed by atoms with van der Waals surface area (Å²) in [6, 6.07) is 7.49. The van der Waals surface area contributed by atoms with E-state index in [4.69, 9.17) is 4.74 Å². The number of ether oxygens (including phenoxy) is 1. The largest absolute Gasteiger partial charge is 0.489 e. The molecule has 0 fully saturated rings. The summed E-state index contributed by atoms with van der Waals surface area (Å²) in [5.74, 6) is 0.0996. The third kappa shape index (κ3) is 7.01. The van der Waals surface area contributed by atoms with E-state index >= 15 is 0 Å². The minimum absolute atomic E-state index is 0.0357. The van der Waals surface area contributed by atoms with Crippen molar-refractivity contribution in [1.82, 2.24) is 10.6 Å². The Hall–Kier alpha value is -1.59. The molecule has 5 nitrogen and oxygen atoms in total. The minimum atomic E-state index is -0.820. The first-order valence-corrected chi connectivity index (χ1v) is 8.31. The van der Waals surface area contributed by atoms with Gasteiger partial charge in [-0.3, -0.25) is 4.79 Å². The molecule has 0 unspecified atom stereocenters. The van der Waals surface area contributed by atoms with E-state index in [-0.39, 0.29) is 12.0 Å². The molecule has 2 atom stereocenters. The van der Waals surface area contributed by atoms with Crippen molar-refractivity contribution >= 4 is 5.97 Å². The van der Waals surface area contributed by atoms with Crippen LogP contribution in [0.1, 0.15) is 32.8 Å². The fourth-order valence-electron chi connectivity index (χ4n) is 2.44. The molecule has 0 radical (unpaired) electrons. The number of aryl methyl sites for hydroxylation is 1. The lowest BCUT2D eigenvalue weighted by Gasteiger charge is -2.22. The molecule has 1 aromatic rings. The summed E-state index contributed by atoms with van der Waals surface area (Å²) < 4.78 is 6.01. The van der Waals surface area contributed by atoms with Crippen LogP contribution in [0.15, 0.2) is 24.3 Å². The lowest BCUT2D eigenvalue weighted by Crippen LogP contribution is -2.44. The van der Waals surface area contributed by atoms with Gasteiger partial charge in [0.1, 0.15) is 17.9 Å². The smallest absolute Gasteiger partial charge is 0.320 e. The fraction of sp³-hybridized carbons (Fsp3) is 0.611. The molecule has 1 aromatic carbocycles. The predicted molar refractivity (Wildman–Crippen MR) is 93.0 cm³/mol. The summed E-state index contributed by atoms with van der Waals surface area (Å²) in [6.07, 6.45) is 1.92. The number of benzene rings is 1. The van der Waals surface area contributed by atoms with Crippen LogP contribution in [0, 0.1) is 5.92 Å². The summed E-state index contributed by atoms with van der Waals surface area (Å²) in [6.45, 7) is 7.22. The number of hydrogen-bond acceptors (Lipinski definition) is 4. The summed E-state index contributed by atoms with van der Waals surface area (Å²) in [5.41, 5.74) is 1.19. The molecule has 5 heteroatoms. The second-order valence-electron chi connectivity index (χ2n) is 6.21. The maximum atomic E-state index is 11.2. The van der Waals surface area contributed by atoms with E-state index < -0.39 is 12.0 Å². The predicted octanol–water partition coefficient (Wildman–Crippen LogP) is 2.30. The maximum absolute atomic E-state index is 11.2. The second-order valence-corrected chi connectivity index (χ2v) is 6.21. The van der Waals surface area contributed by atoms with Gasteiger partial charge in [0.25, 0.3) is 0 Å². The first-order chi connectivity index (χ1) is 11.0. The molecule has 0 saturated heterocycles. The highest BCUT2D eigenvalue weighted by Crippen LogP contribution is 2.20. The Bertz CT molecular complexity index is 477. The number of rotatable bonds is 11. The van der Waals surface area contributed by atoms with Crippen molar-refractivity contribution in [1.29, 1.82) is 0 Å². The number of carboxylic acid groups (broad SMARTS) is 1. The van der Waals surface area contributed by atoms with Crippen LogP contribution in [-0.4, -0.2) is 43.4 Å². The van der Waals surface area contributed by atoms with Crippen LogP contribution in [0.3, 0.4) is 0 Å². The summed E-state index contributed by atoms with van der Waals surface area (Å²) >= 11 is 0. The van der Waals surface area contributed by atoms with Crippen molar-refractivity contribution in [2.24, 2.45) is 5.92 Å². The van der Waals surface area contributed by atoms with Crippen LogP contribution in [0.5, 0.6) is 5.75 Å². The Morgan fingerprint density at radius 3 is 2.57 bits per heavy atom. The number of carboxylic acids is 1.